The summed E-state index contributed by atoms with van der Waals surface area (Å²) in [5, 5.41) is 5.10. The number of fused-ring (bicyclic) bond motifs is 1. The average molecular weight is 260 g/mol. The highest BCUT2D eigenvalue weighted by molar-refractivity contribution is 6.03. The summed E-state index contributed by atoms with van der Waals surface area (Å²) >= 11 is 0. The van der Waals surface area contributed by atoms with Gasteiger partial charge in [-0.3, -0.25) is 4.68 Å². The first kappa shape index (κ1) is 13.1. The van der Waals surface area contributed by atoms with Crippen LogP contribution in [0, 0.1) is 0 Å². The number of rotatable bonds is 4. The van der Waals surface area contributed by atoms with Crippen LogP contribution in [0.5, 0.6) is 5.75 Å². The Kier molecular flexibility index (Phi) is 3.55. The van der Waals surface area contributed by atoms with Crippen LogP contribution < -0.4 is 4.74 Å². The van der Waals surface area contributed by atoms with Gasteiger partial charge in [-0.05, 0) is 25.1 Å². The van der Waals surface area contributed by atoms with E-state index in [4.69, 9.17) is 9.47 Å². The molecule has 2 rings (SSSR count). The van der Waals surface area contributed by atoms with Gasteiger partial charge in [-0.1, -0.05) is 6.58 Å². The summed E-state index contributed by atoms with van der Waals surface area (Å²) in [6.45, 7) is 5.82. The fourth-order valence-corrected chi connectivity index (χ4v) is 2.08. The molecule has 5 heteroatoms. The van der Waals surface area contributed by atoms with E-state index in [1.807, 2.05) is 13.1 Å². The second-order valence-electron chi connectivity index (χ2n) is 3.97. The minimum absolute atomic E-state index is 0.321. The van der Waals surface area contributed by atoms with Gasteiger partial charge in [0.05, 0.1) is 30.3 Å². The number of carbonyl (C=O) groups is 1. The Labute approximate surface area is 111 Å². The molecule has 0 saturated carbocycles. The Balaban J connectivity index is 2.74. The third-order valence-electron chi connectivity index (χ3n) is 2.89. The zero-order valence-electron chi connectivity index (χ0n) is 11.3. The van der Waals surface area contributed by atoms with Gasteiger partial charge in [-0.2, -0.15) is 5.10 Å². The summed E-state index contributed by atoms with van der Waals surface area (Å²) in [4.78, 5) is 11.9. The molecule has 0 atom stereocenters. The lowest BCUT2D eigenvalue weighted by molar-refractivity contribution is 0.0523. The van der Waals surface area contributed by atoms with Gasteiger partial charge in [-0.25, -0.2) is 4.79 Å². The van der Waals surface area contributed by atoms with Crippen molar-refractivity contribution >= 4 is 22.9 Å². The topological polar surface area (TPSA) is 53.4 Å². The highest BCUT2D eigenvalue weighted by Crippen LogP contribution is 2.33. The molecule has 0 aliphatic carbocycles. The van der Waals surface area contributed by atoms with E-state index in [-0.39, 0.29) is 0 Å². The maximum Gasteiger partial charge on any atom is 0.341 e. The Hall–Kier alpha value is -2.30. The van der Waals surface area contributed by atoms with Crippen LogP contribution in [-0.4, -0.2) is 29.5 Å². The summed E-state index contributed by atoms with van der Waals surface area (Å²) < 4.78 is 12.1. The van der Waals surface area contributed by atoms with Crippen molar-refractivity contribution in [2.45, 2.75) is 6.92 Å². The monoisotopic (exact) mass is 260 g/mol. The van der Waals surface area contributed by atoms with Gasteiger partial charge in [0, 0.05) is 7.05 Å². The number of aromatic nitrogens is 2. The van der Waals surface area contributed by atoms with Crippen molar-refractivity contribution < 1.29 is 14.3 Å². The number of hydrogen-bond acceptors (Lipinski definition) is 4. The fraction of sp³-hybridized carbons (Fsp3) is 0.286. The molecule has 0 aliphatic heterocycles. The molecule has 0 amide bonds. The number of carbonyl (C=O) groups excluding carboxylic acids is 1. The Morgan fingerprint density at radius 2 is 2.26 bits per heavy atom. The lowest BCUT2D eigenvalue weighted by atomic mass is 10.1. The zero-order valence-corrected chi connectivity index (χ0v) is 11.3. The van der Waals surface area contributed by atoms with E-state index in [0.717, 1.165) is 10.9 Å². The molecular formula is C14H16N2O3. The Morgan fingerprint density at radius 3 is 2.84 bits per heavy atom. The quantitative estimate of drug-likeness (QED) is 0.792. The molecule has 5 nitrogen and oxygen atoms in total. The van der Waals surface area contributed by atoms with Gasteiger partial charge in [0.25, 0.3) is 0 Å². The van der Waals surface area contributed by atoms with Crippen molar-refractivity contribution in [2.75, 3.05) is 13.7 Å². The molecule has 1 heterocycles. The van der Waals surface area contributed by atoms with Gasteiger partial charge in [0.15, 0.2) is 0 Å². The van der Waals surface area contributed by atoms with Crippen molar-refractivity contribution in [3.63, 3.8) is 0 Å². The molecule has 0 bridgehead atoms. The normalized spacial score (nSPS) is 10.5. The third-order valence-corrected chi connectivity index (χ3v) is 2.89. The first-order valence-electron chi connectivity index (χ1n) is 5.97. The van der Waals surface area contributed by atoms with Crippen LogP contribution in [0.25, 0.3) is 17.0 Å². The standard InChI is InChI=1S/C14H16N2O3/c1-5-10-12-11(16(3)15-10)8-7-9(13(12)18-4)14(17)19-6-2/h5,7-8H,1,6H2,2-4H3. The lowest BCUT2D eigenvalue weighted by Gasteiger charge is -2.09. The number of methoxy groups -OCH3 is 1. The van der Waals surface area contributed by atoms with Gasteiger partial charge in [0.2, 0.25) is 0 Å². The highest BCUT2D eigenvalue weighted by atomic mass is 16.5. The average Bonchev–Trinajstić information content (AvgIpc) is 2.75. The predicted molar refractivity (Wildman–Crippen MR) is 73.3 cm³/mol. The van der Waals surface area contributed by atoms with Crippen LogP contribution in [0.4, 0.5) is 0 Å². The first-order chi connectivity index (χ1) is 9.13. The number of hydrogen-bond donors (Lipinski definition) is 0. The smallest absolute Gasteiger partial charge is 0.341 e. The summed E-state index contributed by atoms with van der Waals surface area (Å²) in [5.41, 5.74) is 1.95. The molecule has 0 saturated heterocycles. The van der Waals surface area contributed by atoms with Gasteiger partial charge >= 0.3 is 5.97 Å². The predicted octanol–water partition coefficient (Wildman–Crippen LogP) is 2.40. The van der Waals surface area contributed by atoms with Crippen LogP contribution in [0.3, 0.4) is 0 Å². The maximum absolute atomic E-state index is 11.9. The van der Waals surface area contributed by atoms with Crippen LogP contribution >= 0.6 is 0 Å². The molecule has 0 N–H and O–H groups in total. The molecular weight excluding hydrogens is 244 g/mol. The second-order valence-corrected chi connectivity index (χ2v) is 3.97. The number of benzene rings is 1. The van der Waals surface area contributed by atoms with E-state index < -0.39 is 5.97 Å². The first-order valence-corrected chi connectivity index (χ1v) is 5.97. The van der Waals surface area contributed by atoms with Crippen molar-refractivity contribution in [2.24, 2.45) is 7.05 Å². The molecule has 19 heavy (non-hydrogen) atoms. The van der Waals surface area contributed by atoms with Crippen LogP contribution in [0.15, 0.2) is 18.7 Å². The SMILES string of the molecule is C=Cc1nn(C)c2ccc(C(=O)OCC)c(OC)c12. The van der Waals surface area contributed by atoms with Crippen molar-refractivity contribution in [1.82, 2.24) is 9.78 Å². The highest BCUT2D eigenvalue weighted by Gasteiger charge is 2.20. The molecule has 100 valence electrons. The van der Waals surface area contributed by atoms with E-state index >= 15 is 0 Å². The van der Waals surface area contributed by atoms with Crippen LogP contribution in [-0.2, 0) is 11.8 Å². The molecule has 0 unspecified atom stereocenters. The van der Waals surface area contributed by atoms with Crippen molar-refractivity contribution in [3.05, 3.63) is 30.0 Å². The number of esters is 1. The van der Waals surface area contributed by atoms with E-state index in [9.17, 15) is 4.79 Å². The fourth-order valence-electron chi connectivity index (χ4n) is 2.08. The Morgan fingerprint density at radius 1 is 1.53 bits per heavy atom. The lowest BCUT2D eigenvalue weighted by Crippen LogP contribution is -2.07. The van der Waals surface area contributed by atoms with Gasteiger partial charge in [-0.15, -0.1) is 0 Å². The molecule has 0 radical (unpaired) electrons. The molecule has 0 fully saturated rings. The minimum atomic E-state index is -0.403. The summed E-state index contributed by atoms with van der Waals surface area (Å²) in [6.07, 6.45) is 1.64. The Bertz CT molecular complexity index is 644. The van der Waals surface area contributed by atoms with E-state index in [1.165, 1.54) is 7.11 Å². The number of nitrogens with zero attached hydrogens (tertiary/aromatic N) is 2. The van der Waals surface area contributed by atoms with Crippen LogP contribution in [0.2, 0.25) is 0 Å². The summed E-state index contributed by atoms with van der Waals surface area (Å²) in [7, 11) is 3.36. The summed E-state index contributed by atoms with van der Waals surface area (Å²) in [6, 6.07) is 3.51. The van der Waals surface area contributed by atoms with Gasteiger partial charge < -0.3 is 9.47 Å². The number of aryl methyl sites for hydroxylation is 1. The molecule has 0 spiro atoms. The molecule has 1 aromatic carbocycles. The van der Waals surface area contributed by atoms with Gasteiger partial charge in [0.1, 0.15) is 11.3 Å². The summed E-state index contributed by atoms with van der Waals surface area (Å²) in [5.74, 6) is 0.0686. The third kappa shape index (κ3) is 2.07. The van der Waals surface area contributed by atoms with E-state index in [1.54, 1.807) is 23.7 Å². The van der Waals surface area contributed by atoms with Crippen molar-refractivity contribution in [1.29, 1.82) is 0 Å². The van der Waals surface area contributed by atoms with E-state index in [0.29, 0.717) is 23.6 Å². The minimum Gasteiger partial charge on any atom is -0.495 e. The van der Waals surface area contributed by atoms with Crippen LogP contribution in [0.1, 0.15) is 23.0 Å². The maximum atomic E-state index is 11.9. The largest absolute Gasteiger partial charge is 0.495 e. The molecule has 1 aromatic heterocycles. The second kappa shape index (κ2) is 5.14. The zero-order chi connectivity index (χ0) is 14.0. The molecule has 2 aromatic rings. The molecule has 0 aliphatic rings. The van der Waals surface area contributed by atoms with E-state index in [2.05, 4.69) is 11.7 Å². The number of ether oxygens (including phenoxy) is 2. The van der Waals surface area contributed by atoms with Crippen molar-refractivity contribution in [3.8, 4) is 5.75 Å².